The number of methoxy groups -OCH3 is 1. The predicted molar refractivity (Wildman–Crippen MR) is 120 cm³/mol. The number of ketones is 1. The minimum Gasteiger partial charge on any atom is -0.497 e. The number of nitrogens with zero attached hydrogens (tertiary/aromatic N) is 2. The molecule has 2 aromatic rings. The van der Waals surface area contributed by atoms with E-state index in [1.165, 1.54) is 0 Å². The van der Waals surface area contributed by atoms with Gasteiger partial charge in [-0.05, 0) is 43.5 Å². The Bertz CT molecular complexity index is 839. The molecule has 27 heavy (non-hydrogen) atoms. The summed E-state index contributed by atoms with van der Waals surface area (Å²) in [7, 11) is 1.65. The maximum Gasteiger partial charge on any atom is 0.182 e. The van der Waals surface area contributed by atoms with E-state index in [4.69, 9.17) is 4.74 Å². The molecule has 0 bridgehead atoms. The molecule has 0 unspecified atom stereocenters. The average molecular weight is 449 g/mol. The topological polar surface area (TPSA) is 41.9 Å². The molecule has 1 aliphatic rings. The lowest BCUT2D eigenvalue weighted by Gasteiger charge is -2.27. The second kappa shape index (κ2) is 9.95. The van der Waals surface area contributed by atoms with Crippen LogP contribution in [-0.2, 0) is 0 Å². The zero-order valence-electron chi connectivity index (χ0n) is 15.9. The molecule has 6 heteroatoms. The molecule has 0 aromatic heterocycles. The van der Waals surface area contributed by atoms with Crippen LogP contribution in [0.4, 0.5) is 5.69 Å². The Labute approximate surface area is 175 Å². The smallest absolute Gasteiger partial charge is 0.182 e. The minimum absolute atomic E-state index is 0. The van der Waals surface area contributed by atoms with E-state index >= 15 is 0 Å². The van der Waals surface area contributed by atoms with Crippen LogP contribution >= 0.6 is 28.7 Å². The molecule has 2 aromatic carbocycles. The summed E-state index contributed by atoms with van der Waals surface area (Å²) in [4.78, 5) is 19.7. The molecule has 0 aliphatic carbocycles. The number of hydrogen-bond donors (Lipinski definition) is 0. The van der Waals surface area contributed by atoms with Gasteiger partial charge in [-0.3, -0.25) is 9.79 Å². The summed E-state index contributed by atoms with van der Waals surface area (Å²) in [5.74, 6) is 1.90. The van der Waals surface area contributed by atoms with Crippen molar-refractivity contribution >= 4 is 45.4 Å². The predicted octanol–water partition coefficient (Wildman–Crippen LogP) is 5.07. The van der Waals surface area contributed by atoms with E-state index in [0.29, 0.717) is 0 Å². The number of ether oxygens (including phenoxy) is 1. The third kappa shape index (κ3) is 5.14. The Morgan fingerprint density at radius 3 is 2.70 bits per heavy atom. The summed E-state index contributed by atoms with van der Waals surface area (Å²) in [6.07, 6.45) is 1.07. The molecule has 0 atom stereocenters. The Balaban J connectivity index is 0.00000261. The van der Waals surface area contributed by atoms with Crippen molar-refractivity contribution in [2.45, 2.75) is 20.3 Å². The number of Topliss-reactive ketones (excluding diaryl/α,β-unsaturated/α-hetero) is 1. The van der Waals surface area contributed by atoms with Crippen molar-refractivity contribution in [3.8, 4) is 5.75 Å². The van der Waals surface area contributed by atoms with Gasteiger partial charge in [0, 0.05) is 29.6 Å². The van der Waals surface area contributed by atoms with Crippen LogP contribution in [-0.4, -0.2) is 36.9 Å². The highest BCUT2D eigenvalue weighted by Gasteiger charge is 2.22. The van der Waals surface area contributed by atoms with Gasteiger partial charge in [0.15, 0.2) is 11.0 Å². The summed E-state index contributed by atoms with van der Waals surface area (Å²) >= 11 is 1.71. The van der Waals surface area contributed by atoms with Gasteiger partial charge in [-0.15, -0.1) is 17.0 Å². The highest BCUT2D eigenvalue weighted by Crippen LogP contribution is 2.27. The van der Waals surface area contributed by atoms with Crippen molar-refractivity contribution in [2.75, 3.05) is 30.9 Å². The number of amidine groups is 1. The Morgan fingerprint density at radius 2 is 2.00 bits per heavy atom. The fourth-order valence-corrected chi connectivity index (χ4v) is 3.91. The number of benzene rings is 2. The molecule has 0 N–H and O–H groups in total. The first-order valence-electron chi connectivity index (χ1n) is 8.78. The number of carbonyl (C=O) groups excluding carboxylic acids is 1. The van der Waals surface area contributed by atoms with Crippen molar-refractivity contribution in [2.24, 2.45) is 4.99 Å². The molecule has 1 aliphatic heterocycles. The van der Waals surface area contributed by atoms with Gasteiger partial charge in [-0.25, -0.2) is 0 Å². The molecule has 1 heterocycles. The van der Waals surface area contributed by atoms with Crippen LogP contribution in [0.15, 0.2) is 47.5 Å². The summed E-state index contributed by atoms with van der Waals surface area (Å²) in [6.45, 7) is 5.11. The van der Waals surface area contributed by atoms with Gasteiger partial charge in [-0.1, -0.05) is 36.0 Å². The van der Waals surface area contributed by atoms with Crippen molar-refractivity contribution in [3.05, 3.63) is 59.2 Å². The van der Waals surface area contributed by atoms with Crippen molar-refractivity contribution in [1.29, 1.82) is 0 Å². The van der Waals surface area contributed by atoms with Crippen LogP contribution in [0.25, 0.3) is 0 Å². The Kier molecular flexibility index (Phi) is 7.92. The van der Waals surface area contributed by atoms with Crippen molar-refractivity contribution < 1.29 is 9.53 Å². The number of anilines is 1. The van der Waals surface area contributed by atoms with E-state index in [0.717, 1.165) is 52.0 Å². The van der Waals surface area contributed by atoms with Crippen LogP contribution in [0, 0.1) is 13.8 Å². The van der Waals surface area contributed by atoms with E-state index in [-0.39, 0.29) is 29.3 Å². The van der Waals surface area contributed by atoms with Gasteiger partial charge in [-0.2, -0.15) is 0 Å². The molecular weight excluding hydrogens is 424 g/mol. The maximum absolute atomic E-state index is 13.1. The summed E-state index contributed by atoms with van der Waals surface area (Å²) < 4.78 is 5.36. The van der Waals surface area contributed by atoms with E-state index in [9.17, 15) is 4.79 Å². The van der Waals surface area contributed by atoms with Gasteiger partial charge < -0.3 is 9.64 Å². The second-order valence-electron chi connectivity index (χ2n) is 6.32. The van der Waals surface area contributed by atoms with Crippen LogP contribution in [0.1, 0.15) is 27.9 Å². The molecule has 4 nitrogen and oxygen atoms in total. The largest absolute Gasteiger partial charge is 0.497 e. The minimum atomic E-state index is 0. The molecule has 144 valence electrons. The SMILES string of the molecule is Br.COc1cccc(N(CC(=O)c2cccc(C)c2C)C2=NCCCS2)c1. The average Bonchev–Trinajstić information content (AvgIpc) is 2.68. The summed E-state index contributed by atoms with van der Waals surface area (Å²) in [5.41, 5.74) is 3.88. The van der Waals surface area contributed by atoms with E-state index in [1.54, 1.807) is 18.9 Å². The normalized spacial score (nSPS) is 13.4. The number of halogens is 1. The molecule has 3 rings (SSSR count). The third-order valence-electron chi connectivity index (χ3n) is 4.58. The molecule has 0 spiro atoms. The highest BCUT2D eigenvalue weighted by molar-refractivity contribution is 8.93. The third-order valence-corrected chi connectivity index (χ3v) is 5.68. The van der Waals surface area contributed by atoms with E-state index < -0.39 is 0 Å². The van der Waals surface area contributed by atoms with Crippen LogP contribution in [0.2, 0.25) is 0 Å². The fraction of sp³-hybridized carbons (Fsp3) is 0.333. The Morgan fingerprint density at radius 1 is 1.22 bits per heavy atom. The van der Waals surface area contributed by atoms with Crippen LogP contribution in [0.5, 0.6) is 5.75 Å². The van der Waals surface area contributed by atoms with Crippen molar-refractivity contribution in [1.82, 2.24) is 0 Å². The number of thioether (sulfide) groups is 1. The first-order chi connectivity index (χ1) is 12.6. The molecule has 0 saturated heterocycles. The van der Waals surface area contributed by atoms with E-state index in [1.807, 2.05) is 61.2 Å². The maximum atomic E-state index is 13.1. The fourth-order valence-electron chi connectivity index (χ4n) is 2.94. The Hall–Kier alpha value is -1.79. The van der Waals surface area contributed by atoms with Gasteiger partial charge >= 0.3 is 0 Å². The van der Waals surface area contributed by atoms with Gasteiger partial charge in [0.1, 0.15) is 5.75 Å². The highest BCUT2D eigenvalue weighted by atomic mass is 79.9. The van der Waals surface area contributed by atoms with Gasteiger partial charge in [0.05, 0.1) is 13.7 Å². The monoisotopic (exact) mass is 448 g/mol. The number of carbonyl (C=O) groups is 1. The van der Waals surface area contributed by atoms with E-state index in [2.05, 4.69) is 4.99 Å². The zero-order chi connectivity index (χ0) is 18.5. The summed E-state index contributed by atoms with van der Waals surface area (Å²) in [5, 5.41) is 0.906. The lowest BCUT2D eigenvalue weighted by Crippen LogP contribution is -2.35. The number of rotatable bonds is 5. The van der Waals surface area contributed by atoms with Gasteiger partial charge in [0.2, 0.25) is 0 Å². The number of hydrogen-bond acceptors (Lipinski definition) is 5. The molecule has 0 fully saturated rings. The number of aliphatic imine (C=N–C) groups is 1. The van der Waals surface area contributed by atoms with Crippen molar-refractivity contribution in [3.63, 3.8) is 0 Å². The number of aryl methyl sites for hydroxylation is 1. The van der Waals surface area contributed by atoms with Crippen LogP contribution < -0.4 is 9.64 Å². The summed E-state index contributed by atoms with van der Waals surface area (Å²) in [6, 6.07) is 13.7. The van der Waals surface area contributed by atoms with Gasteiger partial charge in [0.25, 0.3) is 0 Å². The molecule has 0 amide bonds. The van der Waals surface area contributed by atoms with Crippen LogP contribution in [0.3, 0.4) is 0 Å². The standard InChI is InChI=1S/C21H24N2O2S.BrH/c1-15-7-4-10-19(16(15)2)20(24)14-23(21-22-11-6-12-26-21)17-8-5-9-18(13-17)25-3;/h4-5,7-10,13H,6,11-12,14H2,1-3H3;1H. The molecule has 0 radical (unpaired) electrons. The second-order valence-corrected chi connectivity index (χ2v) is 7.39. The molecular formula is C21H25BrN2O2S. The lowest BCUT2D eigenvalue weighted by atomic mass is 10.00. The first kappa shape index (κ1) is 21.5. The first-order valence-corrected chi connectivity index (χ1v) is 9.77. The zero-order valence-corrected chi connectivity index (χ0v) is 18.4. The lowest BCUT2D eigenvalue weighted by molar-refractivity contribution is 0.100. The quantitative estimate of drug-likeness (QED) is 0.598. The molecule has 0 saturated carbocycles.